The summed E-state index contributed by atoms with van der Waals surface area (Å²) < 4.78 is 10.5. The molecular formula is C20H27N3O3. The predicted molar refractivity (Wildman–Crippen MR) is 103 cm³/mol. The molecule has 0 unspecified atom stereocenters. The van der Waals surface area contributed by atoms with Gasteiger partial charge in [-0.2, -0.15) is 0 Å². The zero-order chi connectivity index (χ0) is 18.9. The van der Waals surface area contributed by atoms with Crippen LogP contribution in [0.3, 0.4) is 0 Å². The van der Waals surface area contributed by atoms with E-state index in [0.717, 1.165) is 24.3 Å². The van der Waals surface area contributed by atoms with Crippen LogP contribution in [-0.4, -0.2) is 44.7 Å². The molecule has 6 heteroatoms. The lowest BCUT2D eigenvalue weighted by molar-refractivity contribution is 0.0949. The first-order valence-electron chi connectivity index (χ1n) is 8.83. The van der Waals surface area contributed by atoms with Crippen molar-refractivity contribution < 1.29 is 14.3 Å². The van der Waals surface area contributed by atoms with Crippen molar-refractivity contribution in [2.24, 2.45) is 0 Å². The summed E-state index contributed by atoms with van der Waals surface area (Å²) in [5.74, 6) is 1.21. The standard InChI is InChI=1S/C20H27N3O3/c1-5-23(6-2)16-10-12-21-17(14-16)20(24)22-11-9-15-7-8-18(25-3)19(13-15)26-4/h7-8,10,12-14H,5-6,9,11H2,1-4H3,(H,22,24). The molecule has 1 heterocycles. The number of aromatic nitrogens is 1. The molecule has 0 atom stereocenters. The van der Waals surface area contributed by atoms with Gasteiger partial charge in [0.1, 0.15) is 5.69 Å². The zero-order valence-corrected chi connectivity index (χ0v) is 15.9. The fourth-order valence-corrected chi connectivity index (χ4v) is 2.78. The maximum Gasteiger partial charge on any atom is 0.269 e. The third kappa shape index (κ3) is 4.88. The number of amides is 1. The van der Waals surface area contributed by atoms with Crippen LogP contribution in [0.15, 0.2) is 36.5 Å². The summed E-state index contributed by atoms with van der Waals surface area (Å²) in [6.45, 7) is 6.48. The maximum absolute atomic E-state index is 12.4. The van der Waals surface area contributed by atoms with Gasteiger partial charge in [0.05, 0.1) is 14.2 Å². The van der Waals surface area contributed by atoms with E-state index in [-0.39, 0.29) is 5.91 Å². The number of methoxy groups -OCH3 is 2. The van der Waals surface area contributed by atoms with Crippen LogP contribution in [0.5, 0.6) is 11.5 Å². The van der Waals surface area contributed by atoms with E-state index in [1.54, 1.807) is 20.4 Å². The second-order valence-corrected chi connectivity index (χ2v) is 5.77. The first-order chi connectivity index (χ1) is 12.6. The Balaban J connectivity index is 1.96. The Bertz CT molecular complexity index is 730. The number of nitrogens with zero attached hydrogens (tertiary/aromatic N) is 2. The minimum absolute atomic E-state index is 0.167. The van der Waals surface area contributed by atoms with Gasteiger partial charge >= 0.3 is 0 Å². The molecule has 1 N–H and O–H groups in total. The third-order valence-corrected chi connectivity index (χ3v) is 4.25. The number of carbonyl (C=O) groups excluding carboxylic acids is 1. The van der Waals surface area contributed by atoms with E-state index in [2.05, 4.69) is 29.0 Å². The lowest BCUT2D eigenvalue weighted by Crippen LogP contribution is -2.27. The monoisotopic (exact) mass is 357 g/mol. The molecular weight excluding hydrogens is 330 g/mol. The van der Waals surface area contributed by atoms with E-state index in [0.29, 0.717) is 30.2 Å². The molecule has 1 aromatic heterocycles. The van der Waals surface area contributed by atoms with Crippen LogP contribution in [0.25, 0.3) is 0 Å². The minimum atomic E-state index is -0.167. The van der Waals surface area contributed by atoms with Crippen molar-refractivity contribution in [2.75, 3.05) is 38.8 Å². The summed E-state index contributed by atoms with van der Waals surface area (Å²) in [4.78, 5) is 18.7. The number of ether oxygens (including phenoxy) is 2. The first-order valence-corrected chi connectivity index (χ1v) is 8.83. The molecule has 0 saturated heterocycles. The molecule has 1 aromatic carbocycles. The number of nitrogens with one attached hydrogen (secondary N) is 1. The molecule has 0 aliphatic rings. The number of anilines is 1. The molecule has 0 aliphatic carbocycles. The SMILES string of the molecule is CCN(CC)c1ccnc(C(=O)NCCc2ccc(OC)c(OC)c2)c1. The van der Waals surface area contributed by atoms with Crippen LogP contribution in [0.2, 0.25) is 0 Å². The summed E-state index contributed by atoms with van der Waals surface area (Å²) >= 11 is 0. The number of pyridine rings is 1. The highest BCUT2D eigenvalue weighted by Gasteiger charge is 2.10. The number of carbonyl (C=O) groups is 1. The van der Waals surface area contributed by atoms with Gasteiger partial charge in [0.2, 0.25) is 0 Å². The molecule has 0 aliphatic heterocycles. The molecule has 0 radical (unpaired) electrons. The van der Waals surface area contributed by atoms with Crippen molar-refractivity contribution in [2.45, 2.75) is 20.3 Å². The van der Waals surface area contributed by atoms with Gasteiger partial charge in [0.15, 0.2) is 11.5 Å². The fraction of sp³-hybridized carbons (Fsp3) is 0.400. The largest absolute Gasteiger partial charge is 0.493 e. The Kier molecular flexibility index (Phi) is 7.26. The van der Waals surface area contributed by atoms with Crippen LogP contribution >= 0.6 is 0 Å². The molecule has 1 amide bonds. The van der Waals surface area contributed by atoms with Crippen molar-refractivity contribution in [1.82, 2.24) is 10.3 Å². The molecule has 140 valence electrons. The van der Waals surface area contributed by atoms with E-state index >= 15 is 0 Å². The molecule has 2 rings (SSSR count). The van der Waals surface area contributed by atoms with Crippen molar-refractivity contribution in [1.29, 1.82) is 0 Å². The number of hydrogen-bond donors (Lipinski definition) is 1. The van der Waals surface area contributed by atoms with Crippen LogP contribution in [-0.2, 0) is 6.42 Å². The Morgan fingerprint density at radius 1 is 1.08 bits per heavy atom. The lowest BCUT2D eigenvalue weighted by Gasteiger charge is -2.21. The van der Waals surface area contributed by atoms with Crippen LogP contribution in [0.1, 0.15) is 29.9 Å². The van der Waals surface area contributed by atoms with Crippen molar-refractivity contribution in [3.8, 4) is 11.5 Å². The zero-order valence-electron chi connectivity index (χ0n) is 15.9. The quantitative estimate of drug-likeness (QED) is 0.748. The van der Waals surface area contributed by atoms with Gasteiger partial charge in [0, 0.05) is 31.5 Å². The number of hydrogen-bond acceptors (Lipinski definition) is 5. The first kappa shape index (κ1) is 19.6. The van der Waals surface area contributed by atoms with E-state index < -0.39 is 0 Å². The molecule has 0 bridgehead atoms. The van der Waals surface area contributed by atoms with E-state index in [9.17, 15) is 4.79 Å². The van der Waals surface area contributed by atoms with Gasteiger partial charge in [-0.3, -0.25) is 9.78 Å². The molecule has 6 nitrogen and oxygen atoms in total. The average Bonchev–Trinajstić information content (AvgIpc) is 2.69. The van der Waals surface area contributed by atoms with Crippen LogP contribution in [0.4, 0.5) is 5.69 Å². The second kappa shape index (κ2) is 9.65. The average molecular weight is 357 g/mol. The summed E-state index contributed by atoms with van der Waals surface area (Å²) in [6, 6.07) is 9.51. The Labute approximate surface area is 155 Å². The topological polar surface area (TPSA) is 63.7 Å². The minimum Gasteiger partial charge on any atom is -0.493 e. The Hall–Kier alpha value is -2.76. The highest BCUT2D eigenvalue weighted by molar-refractivity contribution is 5.93. The summed E-state index contributed by atoms with van der Waals surface area (Å²) in [5.41, 5.74) is 2.50. The highest BCUT2D eigenvalue weighted by atomic mass is 16.5. The smallest absolute Gasteiger partial charge is 0.269 e. The predicted octanol–water partition coefficient (Wildman–Crippen LogP) is 2.92. The molecule has 0 spiro atoms. The summed E-state index contributed by atoms with van der Waals surface area (Å²) in [6.07, 6.45) is 2.37. The van der Waals surface area contributed by atoms with Gasteiger partial charge in [-0.05, 0) is 50.1 Å². The van der Waals surface area contributed by atoms with Gasteiger partial charge in [-0.15, -0.1) is 0 Å². The fourth-order valence-electron chi connectivity index (χ4n) is 2.78. The van der Waals surface area contributed by atoms with E-state index in [1.165, 1.54) is 0 Å². The van der Waals surface area contributed by atoms with Crippen LogP contribution in [0, 0.1) is 0 Å². The van der Waals surface area contributed by atoms with Crippen molar-refractivity contribution in [3.63, 3.8) is 0 Å². The lowest BCUT2D eigenvalue weighted by atomic mass is 10.1. The van der Waals surface area contributed by atoms with Crippen molar-refractivity contribution in [3.05, 3.63) is 47.8 Å². The highest BCUT2D eigenvalue weighted by Crippen LogP contribution is 2.27. The van der Waals surface area contributed by atoms with E-state index in [1.807, 2.05) is 30.3 Å². The summed E-state index contributed by atoms with van der Waals surface area (Å²) in [5, 5.41) is 2.92. The van der Waals surface area contributed by atoms with Crippen LogP contribution < -0.4 is 19.7 Å². The number of rotatable bonds is 9. The molecule has 26 heavy (non-hydrogen) atoms. The van der Waals surface area contributed by atoms with Gasteiger partial charge in [-0.25, -0.2) is 0 Å². The summed E-state index contributed by atoms with van der Waals surface area (Å²) in [7, 11) is 3.22. The third-order valence-electron chi connectivity index (χ3n) is 4.25. The molecule has 2 aromatic rings. The number of benzene rings is 1. The Morgan fingerprint density at radius 2 is 1.81 bits per heavy atom. The van der Waals surface area contributed by atoms with Crippen molar-refractivity contribution >= 4 is 11.6 Å². The van der Waals surface area contributed by atoms with Gasteiger partial charge in [0.25, 0.3) is 5.91 Å². The van der Waals surface area contributed by atoms with Gasteiger partial charge < -0.3 is 19.7 Å². The Morgan fingerprint density at radius 3 is 2.46 bits per heavy atom. The van der Waals surface area contributed by atoms with E-state index in [4.69, 9.17) is 9.47 Å². The second-order valence-electron chi connectivity index (χ2n) is 5.77. The van der Waals surface area contributed by atoms with Gasteiger partial charge in [-0.1, -0.05) is 6.07 Å². The maximum atomic E-state index is 12.4. The molecule has 0 saturated carbocycles. The molecule has 0 fully saturated rings. The normalized spacial score (nSPS) is 10.3.